The minimum absolute atomic E-state index is 0. The van der Waals surface area contributed by atoms with Gasteiger partial charge in [-0.25, -0.2) is 0 Å². The van der Waals surface area contributed by atoms with E-state index < -0.39 is 0 Å². The van der Waals surface area contributed by atoms with Crippen molar-refractivity contribution in [2.45, 2.75) is 143 Å². The van der Waals surface area contributed by atoms with Crippen molar-refractivity contribution < 1.29 is 14.3 Å². The lowest BCUT2D eigenvalue weighted by Crippen LogP contribution is -2.37. The topological polar surface area (TPSA) is 58.6 Å². The Kier molecular flexibility index (Phi) is 24.5. The Balaban J connectivity index is -0.000000253. The number of ether oxygens (including phenoxy) is 1. The van der Waals surface area contributed by atoms with Gasteiger partial charge < -0.3 is 10.1 Å². The molecule has 0 aromatic heterocycles. The smallest absolute Gasteiger partial charge is 0.257 e. The van der Waals surface area contributed by atoms with E-state index >= 15 is 0 Å². The highest BCUT2D eigenvalue weighted by Crippen LogP contribution is 2.22. The lowest BCUT2D eigenvalue weighted by Gasteiger charge is -2.19. The summed E-state index contributed by atoms with van der Waals surface area (Å²) in [5.41, 5.74) is 4.59. The van der Waals surface area contributed by atoms with E-state index in [0.29, 0.717) is 23.5 Å². The predicted octanol–water partition coefficient (Wildman–Crippen LogP) is 11.1. The molecule has 1 aliphatic heterocycles. The fraction of sp³-hybridized carbons (Fsp3) is 0.579. The first kappa shape index (κ1) is 46.9. The van der Waals surface area contributed by atoms with Gasteiger partial charge in [0.1, 0.15) is 5.75 Å². The lowest BCUT2D eigenvalue weighted by atomic mass is 10.0. The lowest BCUT2D eigenvalue weighted by molar-refractivity contribution is -0.139. The number of benzene rings is 2. The molecule has 1 aliphatic rings. The highest BCUT2D eigenvalue weighted by atomic mass is 16.5. The fourth-order valence-electron chi connectivity index (χ4n) is 3.91. The molecule has 248 valence electrons. The van der Waals surface area contributed by atoms with E-state index in [-0.39, 0.29) is 59.6 Å². The average molecular weight is 601 g/mol. The van der Waals surface area contributed by atoms with Crippen molar-refractivity contribution in [2.75, 3.05) is 5.32 Å². The molecule has 2 aromatic carbocycles. The maximum atomic E-state index is 11.6. The molecule has 0 bridgehead atoms. The van der Waals surface area contributed by atoms with Gasteiger partial charge in [-0.05, 0) is 94.7 Å². The van der Waals surface area contributed by atoms with Gasteiger partial charge in [-0.15, -0.1) is 0 Å². The second-order valence-electron chi connectivity index (χ2n) is 11.8. The van der Waals surface area contributed by atoms with E-state index in [2.05, 4.69) is 83.3 Å². The Bertz CT molecular complexity index is 990. The summed E-state index contributed by atoms with van der Waals surface area (Å²) in [6.07, 6.45) is 1.71. The highest BCUT2D eigenvalue weighted by Gasteiger charge is 2.33. The fourth-order valence-corrected chi connectivity index (χ4v) is 3.91. The first-order chi connectivity index (χ1) is 18.1. The molecule has 3 rings (SSSR count). The van der Waals surface area contributed by atoms with Gasteiger partial charge >= 0.3 is 0 Å². The van der Waals surface area contributed by atoms with E-state index in [1.165, 1.54) is 27.8 Å². The largest absolute Gasteiger partial charge is 0.491 e. The molecule has 0 atom stereocenters. The third-order valence-corrected chi connectivity index (χ3v) is 6.07. The van der Waals surface area contributed by atoms with Gasteiger partial charge in [0.15, 0.2) is 0 Å². The van der Waals surface area contributed by atoms with Gasteiger partial charge in [0, 0.05) is 29.4 Å². The van der Waals surface area contributed by atoms with E-state index in [9.17, 15) is 9.59 Å². The standard InChI is InChI=1S/C12H19N.C12H18O.C10H15NO2.4CH4/c2*1-9(2)11-5-7-12(8-6-11)13-10(3)4;1-6(2)8-5-9(12)11(7(3)4)10(8)13;;;;/h5-10,13H,1-4H3;5-10H,1-4H3;5-7H,1-4H3;4*1H4. The van der Waals surface area contributed by atoms with Gasteiger partial charge in [0.2, 0.25) is 0 Å². The second kappa shape index (κ2) is 22.5. The number of amides is 2. The molecule has 5 heteroatoms. The number of hydrogen-bond donors (Lipinski definition) is 1. The zero-order valence-corrected chi connectivity index (χ0v) is 26.3. The summed E-state index contributed by atoms with van der Waals surface area (Å²) in [7, 11) is 0. The Labute approximate surface area is 267 Å². The van der Waals surface area contributed by atoms with Gasteiger partial charge in [-0.3, -0.25) is 14.5 Å². The minimum Gasteiger partial charge on any atom is -0.491 e. The number of nitrogens with one attached hydrogen (secondary N) is 1. The van der Waals surface area contributed by atoms with Gasteiger partial charge in [-0.1, -0.05) is 95.5 Å². The molecular formula is C38H68N2O3. The first-order valence-corrected chi connectivity index (χ1v) is 14.4. The van der Waals surface area contributed by atoms with Gasteiger partial charge in [-0.2, -0.15) is 0 Å². The molecule has 5 nitrogen and oxygen atoms in total. The van der Waals surface area contributed by atoms with Crippen LogP contribution in [0.4, 0.5) is 5.69 Å². The second-order valence-corrected chi connectivity index (χ2v) is 11.8. The number of nitrogens with zero attached hydrogens (tertiary/aromatic N) is 1. The highest BCUT2D eigenvalue weighted by molar-refractivity contribution is 6.16. The van der Waals surface area contributed by atoms with Crippen LogP contribution in [0.3, 0.4) is 0 Å². The molecular weight excluding hydrogens is 532 g/mol. The monoisotopic (exact) mass is 601 g/mol. The summed E-state index contributed by atoms with van der Waals surface area (Å²) in [5.74, 6) is 1.99. The Morgan fingerprint density at radius 1 is 0.605 bits per heavy atom. The van der Waals surface area contributed by atoms with Crippen LogP contribution in [0, 0.1) is 5.92 Å². The van der Waals surface area contributed by atoms with E-state index in [1.54, 1.807) is 0 Å². The number of carbonyl (C=O) groups excluding carboxylic acids is 2. The zero-order chi connectivity index (χ0) is 29.9. The molecule has 0 spiro atoms. The van der Waals surface area contributed by atoms with Crippen LogP contribution < -0.4 is 10.1 Å². The molecule has 43 heavy (non-hydrogen) atoms. The molecule has 0 saturated heterocycles. The van der Waals surface area contributed by atoms with Crippen molar-refractivity contribution >= 4 is 17.5 Å². The van der Waals surface area contributed by atoms with E-state index in [0.717, 1.165) is 5.75 Å². The Hall–Kier alpha value is -3.08. The molecule has 0 aliphatic carbocycles. The van der Waals surface area contributed by atoms with Crippen molar-refractivity contribution in [1.82, 2.24) is 4.90 Å². The zero-order valence-electron chi connectivity index (χ0n) is 26.3. The number of anilines is 1. The summed E-state index contributed by atoms with van der Waals surface area (Å²) in [4.78, 5) is 24.3. The van der Waals surface area contributed by atoms with Crippen LogP contribution in [0.2, 0.25) is 0 Å². The first-order valence-electron chi connectivity index (χ1n) is 14.4. The molecule has 2 aromatic rings. The van der Waals surface area contributed by atoms with Crippen molar-refractivity contribution in [3.05, 3.63) is 71.3 Å². The van der Waals surface area contributed by atoms with Crippen molar-refractivity contribution in [3.63, 3.8) is 0 Å². The number of carbonyl (C=O) groups is 2. The summed E-state index contributed by atoms with van der Waals surface area (Å²) >= 11 is 0. The molecule has 0 radical (unpaired) electrons. The van der Waals surface area contributed by atoms with Crippen molar-refractivity contribution in [3.8, 4) is 5.75 Å². The van der Waals surface area contributed by atoms with Crippen molar-refractivity contribution in [1.29, 1.82) is 0 Å². The molecule has 0 fully saturated rings. The summed E-state index contributed by atoms with van der Waals surface area (Å²) in [6, 6.07) is 17.5. The average Bonchev–Trinajstić information content (AvgIpc) is 3.14. The summed E-state index contributed by atoms with van der Waals surface area (Å²) in [6.45, 7) is 24.7. The SMILES string of the molecule is C.C.C.C.CC(C)C1=CC(=O)N(C(C)C)C1=O.CC(C)Nc1ccc(C(C)C)cc1.CC(C)Oc1ccc(C(C)C)cc1. The van der Waals surface area contributed by atoms with Gasteiger partial charge in [0.25, 0.3) is 11.8 Å². The molecule has 0 unspecified atom stereocenters. The molecule has 2 amide bonds. The normalized spacial score (nSPS) is 12.0. The van der Waals surface area contributed by atoms with E-state index in [4.69, 9.17) is 4.74 Å². The van der Waals surface area contributed by atoms with Gasteiger partial charge in [0.05, 0.1) is 6.10 Å². The van der Waals surface area contributed by atoms with Crippen LogP contribution in [0.15, 0.2) is 60.2 Å². The molecule has 1 heterocycles. The number of rotatable bonds is 8. The van der Waals surface area contributed by atoms with Crippen LogP contribution >= 0.6 is 0 Å². The predicted molar refractivity (Wildman–Crippen MR) is 192 cm³/mol. The van der Waals surface area contributed by atoms with Crippen LogP contribution in [0.1, 0.15) is 136 Å². The molecule has 1 N–H and O–H groups in total. The van der Waals surface area contributed by atoms with Crippen LogP contribution in [0.5, 0.6) is 5.75 Å². The summed E-state index contributed by atoms with van der Waals surface area (Å²) < 4.78 is 5.55. The quantitative estimate of drug-likeness (QED) is 0.306. The third-order valence-electron chi connectivity index (χ3n) is 6.07. The van der Waals surface area contributed by atoms with Crippen LogP contribution in [-0.2, 0) is 9.59 Å². The summed E-state index contributed by atoms with van der Waals surface area (Å²) in [5, 5.41) is 3.37. The molecule has 0 saturated carbocycles. The Morgan fingerprint density at radius 3 is 1.30 bits per heavy atom. The maximum absolute atomic E-state index is 11.6. The van der Waals surface area contributed by atoms with Crippen molar-refractivity contribution in [2.24, 2.45) is 5.92 Å². The number of imide groups is 1. The maximum Gasteiger partial charge on any atom is 0.257 e. The van der Waals surface area contributed by atoms with Crippen LogP contribution in [-0.4, -0.2) is 34.9 Å². The minimum atomic E-state index is -0.177. The Morgan fingerprint density at radius 2 is 1.02 bits per heavy atom. The third kappa shape index (κ3) is 16.4. The number of hydrogen-bond acceptors (Lipinski definition) is 4. The van der Waals surface area contributed by atoms with E-state index in [1.807, 2.05) is 53.7 Å². The van der Waals surface area contributed by atoms with Crippen LogP contribution in [0.25, 0.3) is 0 Å².